The van der Waals surface area contributed by atoms with Crippen LogP contribution in [0.1, 0.15) is 58.1 Å². The average molecular weight is 364 g/mol. The van der Waals surface area contributed by atoms with E-state index in [1.165, 1.54) is 16.5 Å². The molecule has 1 aliphatic carbocycles. The number of hydrogen-bond acceptors (Lipinski definition) is 3. The molecule has 3 heteroatoms. The van der Waals surface area contributed by atoms with Crippen molar-refractivity contribution in [3.63, 3.8) is 0 Å². The Morgan fingerprint density at radius 3 is 2.30 bits per heavy atom. The lowest BCUT2D eigenvalue weighted by Crippen LogP contribution is -2.36. The number of ether oxygens (including phenoxy) is 2. The summed E-state index contributed by atoms with van der Waals surface area (Å²) in [6, 6.07) is 8.53. The molecule has 0 saturated heterocycles. The lowest BCUT2D eigenvalue weighted by Gasteiger charge is -2.41. The van der Waals surface area contributed by atoms with Crippen molar-refractivity contribution in [1.29, 1.82) is 0 Å². The molecule has 0 saturated carbocycles. The highest BCUT2D eigenvalue weighted by Crippen LogP contribution is 2.61. The van der Waals surface area contributed by atoms with Crippen molar-refractivity contribution in [3.8, 4) is 11.5 Å². The van der Waals surface area contributed by atoms with Gasteiger partial charge in [0, 0.05) is 17.0 Å². The van der Waals surface area contributed by atoms with Crippen LogP contribution in [0.15, 0.2) is 30.5 Å². The molecule has 0 amide bonds. The molecule has 1 heterocycles. The van der Waals surface area contributed by atoms with Gasteiger partial charge in [-0.3, -0.25) is 4.98 Å². The van der Waals surface area contributed by atoms with E-state index in [9.17, 15) is 0 Å². The zero-order valence-electron chi connectivity index (χ0n) is 17.4. The summed E-state index contributed by atoms with van der Waals surface area (Å²) >= 11 is 0. The highest BCUT2D eigenvalue weighted by Gasteiger charge is 2.53. The quantitative estimate of drug-likeness (QED) is 0.518. The summed E-state index contributed by atoms with van der Waals surface area (Å²) in [5.74, 6) is 1.97. The molecule has 27 heavy (non-hydrogen) atoms. The van der Waals surface area contributed by atoms with E-state index in [0.717, 1.165) is 34.2 Å². The number of fused-ring (bicyclic) bond motifs is 5. The number of rotatable bonds is 3. The van der Waals surface area contributed by atoms with Crippen LogP contribution in [0.2, 0.25) is 0 Å². The normalized spacial score (nSPS) is 23.6. The van der Waals surface area contributed by atoms with Gasteiger partial charge >= 0.3 is 0 Å². The summed E-state index contributed by atoms with van der Waals surface area (Å²) in [6.45, 7) is 11.9. The van der Waals surface area contributed by atoms with Crippen LogP contribution in [-0.2, 0) is 5.41 Å². The van der Waals surface area contributed by atoms with Crippen LogP contribution in [0.25, 0.3) is 21.7 Å². The molecule has 2 aromatic carbocycles. The van der Waals surface area contributed by atoms with Crippen LogP contribution in [0.4, 0.5) is 0 Å². The lowest BCUT2D eigenvalue weighted by atomic mass is 9.62. The maximum Gasteiger partial charge on any atom is 0.161 e. The van der Waals surface area contributed by atoms with Crippen molar-refractivity contribution in [3.05, 3.63) is 41.6 Å². The number of hydrogen-bond donors (Lipinski definition) is 0. The Balaban J connectivity index is 2.11. The molecule has 0 aliphatic heterocycles. The molecule has 4 rings (SSSR count). The summed E-state index contributed by atoms with van der Waals surface area (Å²) in [5.41, 5.74) is 4.23. The first-order valence-electron chi connectivity index (χ1n) is 9.78. The summed E-state index contributed by atoms with van der Waals surface area (Å²) in [4.78, 5) is 4.93. The molecular weight excluding hydrogens is 334 g/mol. The van der Waals surface area contributed by atoms with E-state index in [4.69, 9.17) is 14.5 Å². The van der Waals surface area contributed by atoms with Gasteiger partial charge in [-0.15, -0.1) is 0 Å². The minimum Gasteiger partial charge on any atom is -0.493 e. The number of aromatic nitrogens is 1. The minimum absolute atomic E-state index is 0.118. The van der Waals surface area contributed by atoms with Crippen LogP contribution in [0.5, 0.6) is 11.5 Å². The molecule has 1 aliphatic rings. The molecule has 1 aromatic heterocycles. The molecular formula is C24H29NO2. The third-order valence-electron chi connectivity index (χ3n) is 7.62. The number of benzene rings is 2. The van der Waals surface area contributed by atoms with E-state index in [2.05, 4.69) is 59.0 Å². The van der Waals surface area contributed by atoms with Crippen molar-refractivity contribution in [2.75, 3.05) is 14.2 Å². The van der Waals surface area contributed by atoms with Crippen LogP contribution in [-0.4, -0.2) is 19.2 Å². The second kappa shape index (κ2) is 5.85. The zero-order chi connectivity index (χ0) is 19.6. The lowest BCUT2D eigenvalue weighted by molar-refractivity contribution is 0.167. The van der Waals surface area contributed by atoms with E-state index >= 15 is 0 Å². The predicted octanol–water partition coefficient (Wildman–Crippen LogP) is 6.22. The SMILES string of the molecule is CCC1(C)c2c(cnc3c2ccc2cc(OC)c(OC)cc23)[C@H](C)C1(C)C. The molecule has 1 unspecified atom stereocenters. The smallest absolute Gasteiger partial charge is 0.161 e. The molecule has 0 N–H and O–H groups in total. The molecule has 0 radical (unpaired) electrons. The molecule has 3 aromatic rings. The maximum absolute atomic E-state index is 5.55. The number of methoxy groups -OCH3 is 2. The third kappa shape index (κ3) is 2.17. The Hall–Kier alpha value is -2.29. The fraction of sp³-hybridized carbons (Fsp3) is 0.458. The third-order valence-corrected chi connectivity index (χ3v) is 7.62. The van der Waals surface area contributed by atoms with Gasteiger partial charge in [-0.1, -0.05) is 46.8 Å². The van der Waals surface area contributed by atoms with Crippen LogP contribution in [0.3, 0.4) is 0 Å². The van der Waals surface area contributed by atoms with Crippen molar-refractivity contribution < 1.29 is 9.47 Å². The van der Waals surface area contributed by atoms with E-state index in [1.807, 2.05) is 6.07 Å². The Morgan fingerprint density at radius 2 is 1.67 bits per heavy atom. The number of nitrogens with zero attached hydrogens (tertiary/aromatic N) is 1. The Bertz CT molecular complexity index is 1050. The fourth-order valence-electron chi connectivity index (χ4n) is 5.10. The van der Waals surface area contributed by atoms with E-state index in [-0.39, 0.29) is 10.8 Å². The molecule has 0 spiro atoms. The summed E-state index contributed by atoms with van der Waals surface area (Å²) in [5, 5.41) is 3.51. The molecule has 2 atom stereocenters. The van der Waals surface area contributed by atoms with E-state index < -0.39 is 0 Å². The molecule has 0 bridgehead atoms. The second-order valence-corrected chi connectivity index (χ2v) is 8.61. The highest BCUT2D eigenvalue weighted by atomic mass is 16.5. The molecule has 0 fully saturated rings. The first-order valence-corrected chi connectivity index (χ1v) is 9.78. The van der Waals surface area contributed by atoms with E-state index in [1.54, 1.807) is 14.2 Å². The van der Waals surface area contributed by atoms with Gasteiger partial charge in [0.1, 0.15) is 0 Å². The van der Waals surface area contributed by atoms with Crippen LogP contribution in [0, 0.1) is 5.41 Å². The summed E-state index contributed by atoms with van der Waals surface area (Å²) < 4.78 is 11.0. The topological polar surface area (TPSA) is 31.4 Å². The molecule has 142 valence electrons. The molecule has 3 nitrogen and oxygen atoms in total. The standard InChI is InChI=1S/C24H29NO2/c1-8-24(5)21-16-10-9-15-11-19(26-6)20(27-7)12-17(15)22(16)25-13-18(21)14(2)23(24,3)4/h9-14H,8H2,1-7H3/t14-,24?/m0/s1. The van der Waals surface area contributed by atoms with Crippen molar-refractivity contribution >= 4 is 21.7 Å². The minimum atomic E-state index is 0.118. The first-order chi connectivity index (χ1) is 12.8. The number of pyridine rings is 1. The monoisotopic (exact) mass is 363 g/mol. The Kier molecular flexibility index (Phi) is 3.92. The van der Waals surface area contributed by atoms with E-state index in [0.29, 0.717) is 5.92 Å². The first kappa shape index (κ1) is 18.1. The van der Waals surface area contributed by atoms with Gasteiger partial charge in [0.2, 0.25) is 0 Å². The van der Waals surface area contributed by atoms with Gasteiger partial charge < -0.3 is 9.47 Å². The highest BCUT2D eigenvalue weighted by molar-refractivity contribution is 6.08. The van der Waals surface area contributed by atoms with Crippen LogP contribution < -0.4 is 9.47 Å². The Morgan fingerprint density at radius 1 is 1.00 bits per heavy atom. The van der Waals surface area contributed by atoms with Gasteiger partial charge in [0.05, 0.1) is 19.7 Å². The van der Waals surface area contributed by atoms with Gasteiger partial charge in [-0.25, -0.2) is 0 Å². The van der Waals surface area contributed by atoms with Crippen molar-refractivity contribution in [2.24, 2.45) is 5.41 Å². The van der Waals surface area contributed by atoms with Crippen molar-refractivity contribution in [1.82, 2.24) is 4.98 Å². The summed E-state index contributed by atoms with van der Waals surface area (Å²) in [6.07, 6.45) is 3.22. The van der Waals surface area contributed by atoms with Gasteiger partial charge in [0.25, 0.3) is 0 Å². The second-order valence-electron chi connectivity index (χ2n) is 8.61. The van der Waals surface area contributed by atoms with Gasteiger partial charge in [-0.2, -0.15) is 0 Å². The van der Waals surface area contributed by atoms with Crippen molar-refractivity contribution in [2.45, 2.75) is 52.4 Å². The van der Waals surface area contributed by atoms with Gasteiger partial charge in [-0.05, 0) is 51.8 Å². The Labute approximate surface area is 161 Å². The summed E-state index contributed by atoms with van der Waals surface area (Å²) in [7, 11) is 3.35. The fourth-order valence-corrected chi connectivity index (χ4v) is 5.10. The maximum atomic E-state index is 5.55. The zero-order valence-corrected chi connectivity index (χ0v) is 17.4. The van der Waals surface area contributed by atoms with Crippen LogP contribution >= 0.6 is 0 Å². The predicted molar refractivity (Wildman–Crippen MR) is 112 cm³/mol. The van der Waals surface area contributed by atoms with Gasteiger partial charge in [0.15, 0.2) is 11.5 Å². The largest absolute Gasteiger partial charge is 0.493 e. The average Bonchev–Trinajstić information content (AvgIpc) is 2.84.